The summed E-state index contributed by atoms with van der Waals surface area (Å²) in [4.78, 5) is 1.35. The molecular formula is C13H19NS. The van der Waals surface area contributed by atoms with Gasteiger partial charge >= 0.3 is 0 Å². The lowest BCUT2D eigenvalue weighted by Gasteiger charge is -2.02. The zero-order valence-corrected chi connectivity index (χ0v) is 10.3. The third kappa shape index (κ3) is 6.37. The lowest BCUT2D eigenvalue weighted by molar-refractivity contribution is 0.802. The summed E-state index contributed by atoms with van der Waals surface area (Å²) in [7, 11) is 0. The molecule has 0 heterocycles. The number of nitrogens with one attached hydrogen (secondary N) is 1. The maximum absolute atomic E-state index is 3.39. The minimum atomic E-state index is 0.984. The van der Waals surface area contributed by atoms with Gasteiger partial charge in [0.15, 0.2) is 0 Å². The highest BCUT2D eigenvalue weighted by atomic mass is 32.2. The van der Waals surface area contributed by atoms with E-state index >= 15 is 0 Å². The predicted octanol–water partition coefficient (Wildman–Crippen LogP) is 3.33. The van der Waals surface area contributed by atoms with E-state index in [4.69, 9.17) is 0 Å². The molecule has 0 spiro atoms. The van der Waals surface area contributed by atoms with E-state index in [0.717, 1.165) is 18.8 Å². The Balaban J connectivity index is 2.05. The molecule has 1 N–H and O–H groups in total. The van der Waals surface area contributed by atoms with Crippen LogP contribution in [0.15, 0.2) is 46.9 Å². The van der Waals surface area contributed by atoms with Gasteiger partial charge in [-0.15, -0.1) is 11.8 Å². The van der Waals surface area contributed by atoms with Gasteiger partial charge in [0, 0.05) is 23.7 Å². The molecule has 0 aliphatic rings. The second-order valence-corrected chi connectivity index (χ2v) is 4.82. The number of rotatable bonds is 6. The molecule has 0 radical (unpaired) electrons. The molecule has 0 aliphatic heterocycles. The topological polar surface area (TPSA) is 12.0 Å². The number of allylic oxidation sites excluding steroid dienone is 1. The van der Waals surface area contributed by atoms with Gasteiger partial charge in [0.2, 0.25) is 0 Å². The van der Waals surface area contributed by atoms with Crippen molar-refractivity contribution >= 4 is 11.8 Å². The highest BCUT2D eigenvalue weighted by Crippen LogP contribution is 2.15. The smallest absolute Gasteiger partial charge is 0.0137 e. The van der Waals surface area contributed by atoms with Crippen LogP contribution >= 0.6 is 11.8 Å². The molecule has 0 fully saturated rings. The molecule has 2 heteroatoms. The molecule has 1 nitrogen and oxygen atoms in total. The summed E-state index contributed by atoms with van der Waals surface area (Å²) in [6.45, 7) is 6.29. The normalized spacial score (nSPS) is 10.0. The van der Waals surface area contributed by atoms with E-state index in [1.165, 1.54) is 10.5 Å². The molecule has 1 aromatic carbocycles. The fourth-order valence-electron chi connectivity index (χ4n) is 1.14. The molecule has 0 saturated carbocycles. The summed E-state index contributed by atoms with van der Waals surface area (Å²) in [5.41, 5.74) is 1.37. The molecule has 0 aromatic heterocycles. The van der Waals surface area contributed by atoms with Crippen LogP contribution in [-0.4, -0.2) is 18.8 Å². The van der Waals surface area contributed by atoms with Gasteiger partial charge in [-0.2, -0.15) is 0 Å². The van der Waals surface area contributed by atoms with Crippen LogP contribution in [0.3, 0.4) is 0 Å². The molecule has 0 aliphatic carbocycles. The van der Waals surface area contributed by atoms with Crippen molar-refractivity contribution in [2.45, 2.75) is 18.7 Å². The number of hydrogen-bond donors (Lipinski definition) is 1. The maximum Gasteiger partial charge on any atom is 0.0137 e. The van der Waals surface area contributed by atoms with E-state index in [2.05, 4.69) is 55.6 Å². The highest BCUT2D eigenvalue weighted by Gasteiger charge is 1.91. The van der Waals surface area contributed by atoms with Crippen LogP contribution in [0.25, 0.3) is 0 Å². The molecule has 1 aromatic rings. The van der Waals surface area contributed by atoms with Gasteiger partial charge in [-0.25, -0.2) is 0 Å². The summed E-state index contributed by atoms with van der Waals surface area (Å²) in [5, 5.41) is 3.39. The van der Waals surface area contributed by atoms with E-state index in [9.17, 15) is 0 Å². The van der Waals surface area contributed by atoms with Crippen molar-refractivity contribution in [1.82, 2.24) is 5.32 Å². The second kappa shape index (κ2) is 7.55. The zero-order chi connectivity index (χ0) is 10.9. The standard InChI is InChI=1S/C13H19NS/c1-12(2)8-9-14-10-11-15-13-6-4-3-5-7-13/h3-8,14H,9-11H2,1-2H3. The summed E-state index contributed by atoms with van der Waals surface area (Å²) >= 11 is 1.90. The van der Waals surface area contributed by atoms with Crippen molar-refractivity contribution in [3.05, 3.63) is 42.0 Å². The van der Waals surface area contributed by atoms with Crippen LogP contribution in [-0.2, 0) is 0 Å². The van der Waals surface area contributed by atoms with Crippen molar-refractivity contribution in [2.24, 2.45) is 0 Å². The first-order chi connectivity index (χ1) is 7.29. The molecule has 15 heavy (non-hydrogen) atoms. The molecule has 1 rings (SSSR count). The van der Waals surface area contributed by atoms with E-state index in [1.807, 2.05) is 11.8 Å². The second-order valence-electron chi connectivity index (χ2n) is 3.65. The van der Waals surface area contributed by atoms with E-state index in [0.29, 0.717) is 0 Å². The molecule has 0 unspecified atom stereocenters. The van der Waals surface area contributed by atoms with Crippen LogP contribution in [0.4, 0.5) is 0 Å². The summed E-state index contributed by atoms with van der Waals surface area (Å²) in [6.07, 6.45) is 2.22. The van der Waals surface area contributed by atoms with Crippen LogP contribution in [0, 0.1) is 0 Å². The SMILES string of the molecule is CC(C)=CCNCCSc1ccccc1. The first kappa shape index (κ1) is 12.3. The summed E-state index contributed by atoms with van der Waals surface area (Å²) in [6, 6.07) is 10.5. The average Bonchev–Trinajstić information content (AvgIpc) is 2.24. The molecule has 0 bridgehead atoms. The van der Waals surface area contributed by atoms with E-state index < -0.39 is 0 Å². The number of thioether (sulfide) groups is 1. The van der Waals surface area contributed by atoms with Crippen molar-refractivity contribution in [3.8, 4) is 0 Å². The Morgan fingerprint density at radius 3 is 2.67 bits per heavy atom. The van der Waals surface area contributed by atoms with Gasteiger partial charge in [0.1, 0.15) is 0 Å². The third-order valence-corrected chi connectivity index (χ3v) is 2.96. The van der Waals surface area contributed by atoms with Crippen LogP contribution in [0.1, 0.15) is 13.8 Å². The van der Waals surface area contributed by atoms with Crippen LogP contribution in [0.2, 0.25) is 0 Å². The van der Waals surface area contributed by atoms with Gasteiger partial charge in [-0.1, -0.05) is 29.8 Å². The molecule has 0 amide bonds. The van der Waals surface area contributed by atoms with E-state index in [1.54, 1.807) is 0 Å². The van der Waals surface area contributed by atoms with E-state index in [-0.39, 0.29) is 0 Å². The van der Waals surface area contributed by atoms with Crippen LogP contribution in [0.5, 0.6) is 0 Å². The first-order valence-corrected chi connectivity index (χ1v) is 6.29. The Bertz CT molecular complexity index is 289. The highest BCUT2D eigenvalue weighted by molar-refractivity contribution is 7.99. The maximum atomic E-state index is 3.39. The zero-order valence-electron chi connectivity index (χ0n) is 9.49. The van der Waals surface area contributed by atoms with Crippen molar-refractivity contribution in [3.63, 3.8) is 0 Å². The fraction of sp³-hybridized carbons (Fsp3) is 0.385. The quantitative estimate of drug-likeness (QED) is 0.449. The molecular weight excluding hydrogens is 202 g/mol. The Labute approximate surface area is 97.0 Å². The van der Waals surface area contributed by atoms with Gasteiger partial charge in [0.05, 0.1) is 0 Å². The third-order valence-electron chi connectivity index (χ3n) is 1.95. The van der Waals surface area contributed by atoms with Crippen molar-refractivity contribution in [1.29, 1.82) is 0 Å². The lowest BCUT2D eigenvalue weighted by Crippen LogP contribution is -2.16. The minimum absolute atomic E-state index is 0.984. The van der Waals surface area contributed by atoms with Gasteiger partial charge in [-0.05, 0) is 26.0 Å². The number of hydrogen-bond acceptors (Lipinski definition) is 2. The molecule has 0 saturated heterocycles. The molecule has 0 atom stereocenters. The van der Waals surface area contributed by atoms with Gasteiger partial charge in [-0.3, -0.25) is 0 Å². The van der Waals surface area contributed by atoms with Crippen molar-refractivity contribution < 1.29 is 0 Å². The number of benzene rings is 1. The fourth-order valence-corrected chi connectivity index (χ4v) is 1.97. The summed E-state index contributed by atoms with van der Waals surface area (Å²) < 4.78 is 0. The first-order valence-electron chi connectivity index (χ1n) is 5.31. The lowest BCUT2D eigenvalue weighted by atomic mass is 10.3. The minimum Gasteiger partial charge on any atom is -0.312 e. The predicted molar refractivity (Wildman–Crippen MR) is 69.5 cm³/mol. The van der Waals surface area contributed by atoms with Crippen LogP contribution < -0.4 is 5.32 Å². The van der Waals surface area contributed by atoms with Crippen molar-refractivity contribution in [2.75, 3.05) is 18.8 Å². The molecule has 82 valence electrons. The Morgan fingerprint density at radius 1 is 1.27 bits per heavy atom. The largest absolute Gasteiger partial charge is 0.312 e. The Kier molecular flexibility index (Phi) is 6.21. The monoisotopic (exact) mass is 221 g/mol. The van der Waals surface area contributed by atoms with Gasteiger partial charge in [0.25, 0.3) is 0 Å². The average molecular weight is 221 g/mol. The van der Waals surface area contributed by atoms with Gasteiger partial charge < -0.3 is 5.32 Å². The summed E-state index contributed by atoms with van der Waals surface area (Å²) in [5.74, 6) is 1.13. The Morgan fingerprint density at radius 2 is 2.00 bits per heavy atom. The Hall–Kier alpha value is -0.730.